The molecule has 1 unspecified atom stereocenters. The summed E-state index contributed by atoms with van der Waals surface area (Å²) in [6, 6.07) is 96.6. The second kappa shape index (κ2) is 25.8. The Morgan fingerprint density at radius 3 is 1.16 bits per heavy atom. The fourth-order valence-electron chi connectivity index (χ4n) is 18.3. The van der Waals surface area contributed by atoms with Crippen LogP contribution in [-0.4, -0.2) is 13.7 Å². The fraction of sp³-hybridized carbons (Fsp3) is 0.229. The van der Waals surface area contributed by atoms with Gasteiger partial charge in [0, 0.05) is 66.3 Å². The number of anilines is 6. The van der Waals surface area contributed by atoms with Gasteiger partial charge in [-0.25, -0.2) is 0 Å². The minimum atomic E-state index is -0.514. The summed E-state index contributed by atoms with van der Waals surface area (Å²) >= 11 is 0. The Kier molecular flexibility index (Phi) is 15.1. The lowest BCUT2D eigenvalue weighted by molar-refractivity contribution is 0.589. The van der Waals surface area contributed by atoms with Crippen LogP contribution < -0.4 is 9.80 Å². The van der Waals surface area contributed by atoms with Crippen molar-refractivity contribution in [1.29, 1.82) is 0 Å². The van der Waals surface area contributed by atoms with Crippen molar-refractivity contribution in [3.8, 4) is 50.4 Å². The molecule has 0 bridgehead atoms. The molecule has 114 heavy (non-hydrogen) atoms. The maximum absolute atomic E-state index is 9.77. The lowest BCUT2D eigenvalue weighted by Gasteiger charge is -2.47. The van der Waals surface area contributed by atoms with E-state index in [4.69, 9.17) is 1.37 Å². The predicted octanol–water partition coefficient (Wildman–Crippen LogP) is 30.5. The molecule has 3 aromatic heterocycles. The molecule has 2 aliphatic heterocycles. The van der Waals surface area contributed by atoms with E-state index in [1.807, 2.05) is 6.07 Å². The van der Waals surface area contributed by atoms with Crippen LogP contribution in [0.2, 0.25) is 0 Å². The molecule has 0 N–H and O–H groups in total. The number of fused-ring (bicyclic) bond motifs is 13. The molecule has 0 spiro atoms. The molecule has 0 aliphatic carbocycles. The molecule has 0 saturated heterocycles. The molecule has 0 amide bonds. The monoisotopic (exact) mass is 1490 g/mol. The first-order valence-corrected chi connectivity index (χ1v) is 40.7. The summed E-state index contributed by atoms with van der Waals surface area (Å²) in [6.45, 7) is 41.6. The Morgan fingerprint density at radius 2 is 0.684 bits per heavy atom. The maximum Gasteiger partial charge on any atom is 0.0783 e. The third-order valence-electron chi connectivity index (χ3n) is 24.6. The lowest BCUT2D eigenvalue weighted by Crippen LogP contribution is -2.31. The van der Waals surface area contributed by atoms with Crippen molar-refractivity contribution in [1.82, 2.24) is 13.7 Å². The summed E-state index contributed by atoms with van der Waals surface area (Å²) in [5.41, 5.74) is 29.8. The lowest BCUT2D eigenvalue weighted by atomic mass is 9.73. The highest BCUT2D eigenvalue weighted by atomic mass is 15.2. The van der Waals surface area contributed by atoms with Crippen molar-refractivity contribution in [3.63, 3.8) is 0 Å². The van der Waals surface area contributed by atoms with Crippen LogP contribution >= 0.6 is 0 Å². The quantitative estimate of drug-likeness (QED) is 0.151. The molecule has 5 nitrogen and oxygen atoms in total. The van der Waals surface area contributed by atoms with Crippen LogP contribution in [-0.2, 0) is 32.5 Å². The SMILES string of the molecule is [2H]c1c([2H])c([2H])c(-c2ccc3c(c2)C2c4ccc(-n5c6ccc(C(C)(C)C)cc6c6cc(C(C)(C)C)ccc65)cc4N(c4c(-c5ccccc5)cc(C(C)(C)C)cc4-c4ccccc4)c4cc(C(C)(C)C)cc(c42)N3c2cccc3c4cccc(-n5c6ccc(C(C)(C)C)cc6c6cc(C(C)(C)C)ccc65)c4n(-c4ccccc4)c23)c([2H])c1[2H]. The number of para-hydroxylation sites is 3. The van der Waals surface area contributed by atoms with Crippen molar-refractivity contribution >= 4 is 99.5 Å². The Morgan fingerprint density at radius 1 is 0.254 bits per heavy atom. The van der Waals surface area contributed by atoms with E-state index in [1.54, 1.807) is 0 Å². The van der Waals surface area contributed by atoms with Gasteiger partial charge in [-0.2, -0.15) is 0 Å². The minimum absolute atomic E-state index is 0.0947. The molecule has 1 atom stereocenters. The molecule has 5 heteroatoms. The van der Waals surface area contributed by atoms with Crippen molar-refractivity contribution in [2.24, 2.45) is 0 Å². The number of aromatic nitrogens is 3. The van der Waals surface area contributed by atoms with Gasteiger partial charge in [-0.3, -0.25) is 0 Å². The number of nitrogens with zero attached hydrogens (tertiary/aromatic N) is 5. The van der Waals surface area contributed by atoms with Crippen LogP contribution in [0.4, 0.5) is 34.1 Å². The molecule has 14 aromatic carbocycles. The van der Waals surface area contributed by atoms with Gasteiger partial charge < -0.3 is 23.5 Å². The summed E-state index contributed by atoms with van der Waals surface area (Å²) < 4.78 is 54.5. The van der Waals surface area contributed by atoms with Crippen LogP contribution in [0.15, 0.2) is 291 Å². The Hall–Kier alpha value is -11.9. The van der Waals surface area contributed by atoms with Crippen LogP contribution in [0.1, 0.15) is 187 Å². The van der Waals surface area contributed by atoms with Gasteiger partial charge in [0.1, 0.15) is 0 Å². The van der Waals surface area contributed by atoms with Crippen LogP contribution in [0.25, 0.3) is 116 Å². The molecule has 564 valence electrons. The summed E-state index contributed by atoms with van der Waals surface area (Å²) in [5.74, 6) is -0.514. The molecule has 19 rings (SSSR count). The number of hydrogen-bond acceptors (Lipinski definition) is 2. The van der Waals surface area contributed by atoms with E-state index < -0.39 is 17.4 Å². The largest absolute Gasteiger partial charge is 0.309 e. The summed E-state index contributed by atoms with van der Waals surface area (Å²) in [4.78, 5) is 5.17. The Bertz CT molecular complexity index is 6860. The van der Waals surface area contributed by atoms with Gasteiger partial charge in [-0.1, -0.05) is 294 Å². The van der Waals surface area contributed by atoms with Gasteiger partial charge in [0.2, 0.25) is 0 Å². The Balaban J connectivity index is 0.981. The van der Waals surface area contributed by atoms with Gasteiger partial charge in [-0.05, 0) is 221 Å². The first kappa shape index (κ1) is 66.7. The van der Waals surface area contributed by atoms with E-state index in [0.29, 0.717) is 5.56 Å². The normalized spacial score (nSPS) is 14.7. The number of rotatable bonds is 8. The average molecular weight is 1490 g/mol. The van der Waals surface area contributed by atoms with Crippen LogP contribution in [0.3, 0.4) is 0 Å². The second-order valence-electron chi connectivity index (χ2n) is 38.3. The van der Waals surface area contributed by atoms with Gasteiger partial charge in [0.15, 0.2) is 0 Å². The van der Waals surface area contributed by atoms with Crippen LogP contribution in [0.5, 0.6) is 0 Å². The summed E-state index contributed by atoms with van der Waals surface area (Å²) in [6.07, 6.45) is 0. The van der Waals surface area contributed by atoms with E-state index in [0.717, 1.165) is 140 Å². The molecular formula is C109H103N5. The summed E-state index contributed by atoms with van der Waals surface area (Å²) in [5, 5.41) is 6.99. The highest BCUT2D eigenvalue weighted by Gasteiger charge is 2.45. The zero-order chi connectivity index (χ0) is 83.5. The molecule has 2 aliphatic rings. The standard InChI is InChI=1S/C109H103N5/c1-104(2,3)71-46-53-89-84(58-71)85-59-72(105(4,5)6)47-54-90(85)110(89)78-50-51-81-96(66-78)114(101-82(68-35-25-20-26-36-68)62-75(108(13,14)15)63-83(101)69-37-27-21-28-38-69)98-65-76(109(16,17)18)64-97-100(98)99(81)88-57-70(67-33-23-19-24-34-67)45-52-93(88)113(97)95-44-32-42-80-79-41-31-43-94(102(79)111(103(80)95)77-39-29-22-30-40-77)112-91-55-48-73(106(7,8)9)60-86(91)87-61-74(107(10,11)12)49-56-92(87)112/h19-66,99H,1-18H3/i19D,23D,24D,33D,34D. The number of hydrogen-bond donors (Lipinski definition) is 0. The molecule has 0 radical (unpaired) electrons. The second-order valence-corrected chi connectivity index (χ2v) is 38.3. The highest BCUT2D eigenvalue weighted by molar-refractivity contribution is 6.19. The van der Waals surface area contributed by atoms with E-state index in [2.05, 4.69) is 403 Å². The molecule has 17 aromatic rings. The summed E-state index contributed by atoms with van der Waals surface area (Å²) in [7, 11) is 0. The van der Waals surface area contributed by atoms with Gasteiger partial charge in [0.05, 0.1) is 79.8 Å². The van der Waals surface area contributed by atoms with E-state index >= 15 is 0 Å². The van der Waals surface area contributed by atoms with E-state index in [1.165, 1.54) is 49.4 Å². The Labute approximate surface area is 680 Å². The highest BCUT2D eigenvalue weighted by Crippen LogP contribution is 2.65. The third kappa shape index (κ3) is 11.7. The first-order chi connectivity index (χ1) is 56.4. The van der Waals surface area contributed by atoms with Crippen molar-refractivity contribution < 1.29 is 6.85 Å². The third-order valence-corrected chi connectivity index (χ3v) is 24.6. The smallest absolute Gasteiger partial charge is 0.0783 e. The van der Waals surface area contributed by atoms with Gasteiger partial charge >= 0.3 is 0 Å². The fourth-order valence-corrected chi connectivity index (χ4v) is 18.3. The molecular weight excluding hydrogens is 1380 g/mol. The maximum atomic E-state index is 9.77. The topological polar surface area (TPSA) is 21.3 Å². The van der Waals surface area contributed by atoms with E-state index in [-0.39, 0.29) is 56.8 Å². The minimum Gasteiger partial charge on any atom is -0.309 e. The van der Waals surface area contributed by atoms with Crippen molar-refractivity contribution in [2.45, 2.75) is 163 Å². The van der Waals surface area contributed by atoms with Gasteiger partial charge in [-0.15, -0.1) is 0 Å². The zero-order valence-electron chi connectivity index (χ0n) is 74.1. The van der Waals surface area contributed by atoms with Crippen molar-refractivity contribution in [3.05, 3.63) is 341 Å². The average Bonchev–Trinajstić information content (AvgIpc) is 1.40. The van der Waals surface area contributed by atoms with Gasteiger partial charge in [0.25, 0.3) is 0 Å². The zero-order valence-corrected chi connectivity index (χ0v) is 69.1. The van der Waals surface area contributed by atoms with E-state index in [9.17, 15) is 5.48 Å². The molecule has 0 fully saturated rings. The molecule has 5 heterocycles. The first-order valence-electron chi connectivity index (χ1n) is 43.2. The predicted molar refractivity (Wildman–Crippen MR) is 488 cm³/mol. The molecule has 0 saturated carbocycles. The van der Waals surface area contributed by atoms with Crippen molar-refractivity contribution in [2.75, 3.05) is 9.80 Å². The van der Waals surface area contributed by atoms with Crippen LogP contribution in [0, 0.1) is 0 Å². The number of benzene rings is 14.